The summed E-state index contributed by atoms with van der Waals surface area (Å²) >= 11 is 0. The molecule has 1 aromatic rings. The van der Waals surface area contributed by atoms with Crippen LogP contribution in [-0.4, -0.2) is 37.6 Å². The van der Waals surface area contributed by atoms with Gasteiger partial charge in [-0.25, -0.2) is 4.98 Å². The van der Waals surface area contributed by atoms with Crippen LogP contribution >= 0.6 is 0 Å². The second-order valence-corrected chi connectivity index (χ2v) is 4.39. The van der Waals surface area contributed by atoms with E-state index in [-0.39, 0.29) is 12.4 Å². The first-order chi connectivity index (χ1) is 8.86. The van der Waals surface area contributed by atoms with Crippen molar-refractivity contribution in [3.63, 3.8) is 0 Å². The van der Waals surface area contributed by atoms with Gasteiger partial charge in [0.25, 0.3) is 5.91 Å². The molecule has 0 saturated carbocycles. The van der Waals surface area contributed by atoms with Gasteiger partial charge < -0.3 is 15.4 Å². The summed E-state index contributed by atoms with van der Waals surface area (Å²) in [5.74, 6) is -0.337. The molecule has 0 spiro atoms. The van der Waals surface area contributed by atoms with E-state index in [9.17, 15) is 9.59 Å². The predicted octanol–water partition coefficient (Wildman–Crippen LogP) is 0.797. The van der Waals surface area contributed by atoms with Gasteiger partial charge >= 0.3 is 5.97 Å². The minimum atomic E-state index is -0.523. The van der Waals surface area contributed by atoms with Crippen molar-refractivity contribution in [2.45, 2.75) is 20.3 Å². The number of rotatable bonds is 5. The minimum absolute atomic E-state index is 0.222. The second-order valence-electron chi connectivity index (χ2n) is 4.39. The summed E-state index contributed by atoms with van der Waals surface area (Å²) in [4.78, 5) is 28.7. The van der Waals surface area contributed by atoms with Crippen molar-refractivity contribution < 1.29 is 14.3 Å². The number of aromatic nitrogens is 1. The van der Waals surface area contributed by atoms with Crippen LogP contribution in [0.15, 0.2) is 6.07 Å². The Hall–Kier alpha value is -2.11. The molecular formula is C13H19N3O3. The Morgan fingerprint density at radius 1 is 1.42 bits per heavy atom. The van der Waals surface area contributed by atoms with E-state index >= 15 is 0 Å². The molecule has 0 saturated heterocycles. The van der Waals surface area contributed by atoms with Crippen molar-refractivity contribution in [1.82, 2.24) is 4.98 Å². The van der Waals surface area contributed by atoms with E-state index in [0.29, 0.717) is 17.9 Å². The van der Waals surface area contributed by atoms with Gasteiger partial charge in [0.1, 0.15) is 5.82 Å². The molecule has 1 amide bonds. The summed E-state index contributed by atoms with van der Waals surface area (Å²) in [7, 11) is 3.10. The van der Waals surface area contributed by atoms with E-state index in [1.54, 1.807) is 18.0 Å². The van der Waals surface area contributed by atoms with Crippen LogP contribution < -0.4 is 10.6 Å². The molecule has 1 rings (SSSR count). The molecule has 0 aromatic carbocycles. The second kappa shape index (κ2) is 6.17. The number of amides is 1. The van der Waals surface area contributed by atoms with Crippen LogP contribution in [0.25, 0.3) is 0 Å². The highest BCUT2D eigenvalue weighted by atomic mass is 16.5. The third kappa shape index (κ3) is 3.67. The zero-order valence-corrected chi connectivity index (χ0v) is 11.7. The maximum Gasteiger partial charge on any atom is 0.307 e. The van der Waals surface area contributed by atoms with E-state index in [4.69, 9.17) is 5.73 Å². The van der Waals surface area contributed by atoms with Crippen LogP contribution in [0.3, 0.4) is 0 Å². The van der Waals surface area contributed by atoms with Gasteiger partial charge in [-0.3, -0.25) is 9.59 Å². The van der Waals surface area contributed by atoms with E-state index < -0.39 is 5.91 Å². The van der Waals surface area contributed by atoms with Gasteiger partial charge in [0.05, 0.1) is 19.1 Å². The van der Waals surface area contributed by atoms with E-state index in [0.717, 1.165) is 11.3 Å². The number of nitrogens with zero attached hydrogens (tertiary/aromatic N) is 2. The van der Waals surface area contributed by atoms with Gasteiger partial charge in [-0.05, 0) is 25.5 Å². The van der Waals surface area contributed by atoms with Crippen LogP contribution in [0.2, 0.25) is 0 Å². The molecule has 0 radical (unpaired) electrons. The van der Waals surface area contributed by atoms with Crippen LogP contribution in [-0.2, 0) is 9.53 Å². The maximum atomic E-state index is 11.5. The number of pyridine rings is 1. The van der Waals surface area contributed by atoms with Crippen LogP contribution in [0.5, 0.6) is 0 Å². The van der Waals surface area contributed by atoms with E-state index in [2.05, 4.69) is 9.72 Å². The van der Waals surface area contributed by atoms with Crippen molar-refractivity contribution in [3.05, 3.63) is 22.9 Å². The third-order valence-corrected chi connectivity index (χ3v) is 2.81. The average Bonchev–Trinajstić information content (AvgIpc) is 2.33. The lowest BCUT2D eigenvalue weighted by molar-refractivity contribution is -0.140. The Morgan fingerprint density at radius 3 is 2.58 bits per heavy atom. The summed E-state index contributed by atoms with van der Waals surface area (Å²) in [6, 6.07) is 1.80. The Morgan fingerprint density at radius 2 is 2.05 bits per heavy atom. The van der Waals surface area contributed by atoms with Crippen molar-refractivity contribution in [3.8, 4) is 0 Å². The number of carbonyl (C=O) groups is 2. The number of hydrogen-bond donors (Lipinski definition) is 1. The quantitative estimate of drug-likeness (QED) is 0.796. The van der Waals surface area contributed by atoms with Gasteiger partial charge in [0.15, 0.2) is 0 Å². The highest BCUT2D eigenvalue weighted by Crippen LogP contribution is 2.21. The maximum absolute atomic E-state index is 11.5. The Bertz CT molecular complexity index is 500. The average molecular weight is 265 g/mol. The van der Waals surface area contributed by atoms with E-state index in [1.165, 1.54) is 7.11 Å². The zero-order valence-electron chi connectivity index (χ0n) is 11.7. The lowest BCUT2D eigenvalue weighted by Crippen LogP contribution is -2.27. The number of aryl methyl sites for hydroxylation is 2. The first kappa shape index (κ1) is 14.9. The van der Waals surface area contributed by atoms with Crippen LogP contribution in [0, 0.1) is 13.8 Å². The summed E-state index contributed by atoms with van der Waals surface area (Å²) in [5, 5.41) is 0. The number of methoxy groups -OCH3 is 1. The number of anilines is 1. The van der Waals surface area contributed by atoms with Crippen molar-refractivity contribution >= 4 is 17.7 Å². The molecule has 0 aliphatic rings. The fourth-order valence-corrected chi connectivity index (χ4v) is 1.86. The molecule has 0 aliphatic carbocycles. The summed E-state index contributed by atoms with van der Waals surface area (Å²) in [5.41, 5.74) is 7.35. The number of primary amides is 1. The number of hydrogen-bond acceptors (Lipinski definition) is 5. The SMILES string of the molecule is COC(=O)CCN(C)c1nc(C)cc(C)c1C(N)=O. The fourth-order valence-electron chi connectivity index (χ4n) is 1.86. The number of ether oxygens (including phenoxy) is 1. The lowest BCUT2D eigenvalue weighted by atomic mass is 10.1. The molecule has 1 aromatic heterocycles. The molecule has 0 atom stereocenters. The molecule has 0 aliphatic heterocycles. The monoisotopic (exact) mass is 265 g/mol. The predicted molar refractivity (Wildman–Crippen MR) is 72.1 cm³/mol. The molecule has 6 nitrogen and oxygen atoms in total. The molecule has 0 fully saturated rings. The highest BCUT2D eigenvalue weighted by Gasteiger charge is 2.17. The number of esters is 1. The Labute approximate surface area is 112 Å². The molecule has 1 heterocycles. The molecule has 19 heavy (non-hydrogen) atoms. The summed E-state index contributed by atoms with van der Waals surface area (Å²) in [6.07, 6.45) is 0.222. The molecule has 0 unspecified atom stereocenters. The minimum Gasteiger partial charge on any atom is -0.469 e. The lowest BCUT2D eigenvalue weighted by Gasteiger charge is -2.21. The van der Waals surface area contributed by atoms with Crippen LogP contribution in [0.1, 0.15) is 28.0 Å². The topological polar surface area (TPSA) is 85.5 Å². The zero-order chi connectivity index (χ0) is 14.6. The van der Waals surface area contributed by atoms with Crippen molar-refractivity contribution in [1.29, 1.82) is 0 Å². The van der Waals surface area contributed by atoms with Gasteiger partial charge in [-0.15, -0.1) is 0 Å². The first-order valence-corrected chi connectivity index (χ1v) is 5.92. The molecule has 6 heteroatoms. The van der Waals surface area contributed by atoms with E-state index in [1.807, 2.05) is 13.8 Å². The fraction of sp³-hybridized carbons (Fsp3) is 0.462. The van der Waals surface area contributed by atoms with Gasteiger partial charge in [-0.1, -0.05) is 0 Å². The molecule has 0 bridgehead atoms. The highest BCUT2D eigenvalue weighted by molar-refractivity contribution is 5.99. The smallest absolute Gasteiger partial charge is 0.307 e. The van der Waals surface area contributed by atoms with Gasteiger partial charge in [0.2, 0.25) is 0 Å². The molecule has 104 valence electrons. The standard InChI is InChI=1S/C13H19N3O3/c1-8-7-9(2)15-13(11(8)12(14)18)16(3)6-5-10(17)19-4/h7H,5-6H2,1-4H3,(H2,14,18). The van der Waals surface area contributed by atoms with Gasteiger partial charge in [-0.2, -0.15) is 0 Å². The van der Waals surface area contributed by atoms with Crippen LogP contribution in [0.4, 0.5) is 5.82 Å². The normalized spacial score (nSPS) is 10.1. The molecular weight excluding hydrogens is 246 g/mol. The Kier molecular flexibility index (Phi) is 4.86. The number of carbonyl (C=O) groups excluding carboxylic acids is 2. The first-order valence-electron chi connectivity index (χ1n) is 5.92. The van der Waals surface area contributed by atoms with Gasteiger partial charge in [0, 0.05) is 19.3 Å². The van der Waals surface area contributed by atoms with Crippen molar-refractivity contribution in [2.75, 3.05) is 25.6 Å². The largest absolute Gasteiger partial charge is 0.469 e. The summed E-state index contributed by atoms with van der Waals surface area (Å²) in [6.45, 7) is 4.06. The number of nitrogens with two attached hydrogens (primary N) is 1. The molecule has 2 N–H and O–H groups in total. The Balaban J connectivity index is 3.04. The summed E-state index contributed by atoms with van der Waals surface area (Å²) < 4.78 is 4.58. The van der Waals surface area contributed by atoms with Crippen molar-refractivity contribution in [2.24, 2.45) is 5.73 Å². The third-order valence-electron chi connectivity index (χ3n) is 2.81.